The molecule has 0 bridgehead atoms. The average Bonchev–Trinajstić information content (AvgIpc) is 2.37. The minimum atomic E-state index is -4.30. The summed E-state index contributed by atoms with van der Waals surface area (Å²) in [6.07, 6.45) is -1.65. The van der Waals surface area contributed by atoms with E-state index >= 15 is 0 Å². The van der Waals surface area contributed by atoms with E-state index in [0.29, 0.717) is 24.2 Å². The van der Waals surface area contributed by atoms with Gasteiger partial charge in [-0.25, -0.2) is 4.98 Å². The van der Waals surface area contributed by atoms with Gasteiger partial charge in [0.2, 0.25) is 0 Å². The summed E-state index contributed by atoms with van der Waals surface area (Å²) in [5.74, 6) is 0.425. The summed E-state index contributed by atoms with van der Waals surface area (Å²) in [5, 5.41) is 0. The lowest BCUT2D eigenvalue weighted by molar-refractivity contribution is -0.137. The van der Waals surface area contributed by atoms with Gasteiger partial charge in [0, 0.05) is 6.20 Å². The number of benzene rings is 1. The van der Waals surface area contributed by atoms with Gasteiger partial charge in [-0.1, -0.05) is 24.3 Å². The third kappa shape index (κ3) is 3.47. The Bertz CT molecular complexity index is 565. The Hall–Kier alpha value is -2.04. The first-order chi connectivity index (χ1) is 8.97. The minimum absolute atomic E-state index is 0.425. The van der Waals surface area contributed by atoms with Crippen LogP contribution in [0.4, 0.5) is 19.0 Å². The molecule has 0 amide bonds. The van der Waals surface area contributed by atoms with Crippen LogP contribution in [0.3, 0.4) is 0 Å². The predicted molar refractivity (Wildman–Crippen MR) is 67.5 cm³/mol. The molecule has 0 fully saturated rings. The number of hydrogen-bond donors (Lipinski definition) is 1. The Kier molecular flexibility index (Phi) is 3.74. The quantitative estimate of drug-likeness (QED) is 0.923. The Labute approximate surface area is 109 Å². The first-order valence-corrected chi connectivity index (χ1v) is 5.82. The predicted octanol–water partition coefficient (Wildman–Crippen LogP) is 3.47. The first kappa shape index (κ1) is 13.4. The van der Waals surface area contributed by atoms with Crippen LogP contribution < -0.4 is 5.73 Å². The number of hydrogen-bond acceptors (Lipinski definition) is 2. The zero-order chi connectivity index (χ0) is 13.9. The molecule has 0 aliphatic rings. The molecule has 5 heteroatoms. The maximum atomic E-state index is 12.6. The van der Waals surface area contributed by atoms with E-state index in [1.54, 1.807) is 18.3 Å². The number of aromatic nitrogens is 1. The van der Waals surface area contributed by atoms with E-state index in [9.17, 15) is 13.2 Å². The molecule has 0 saturated carbocycles. The smallest absolute Gasteiger partial charge is 0.383 e. The van der Waals surface area contributed by atoms with Gasteiger partial charge in [-0.3, -0.25) is 0 Å². The average molecular weight is 266 g/mol. The van der Waals surface area contributed by atoms with Crippen LogP contribution in [0.1, 0.15) is 16.7 Å². The van der Waals surface area contributed by atoms with Crippen molar-refractivity contribution in [1.29, 1.82) is 0 Å². The van der Waals surface area contributed by atoms with Crippen LogP contribution in [0.15, 0.2) is 42.6 Å². The molecular formula is C14H13F3N2. The number of nitrogen functional groups attached to an aromatic ring is 1. The maximum Gasteiger partial charge on any atom is 0.416 e. The lowest BCUT2D eigenvalue weighted by Gasteiger charge is -2.09. The lowest BCUT2D eigenvalue weighted by atomic mass is 10.0. The molecule has 0 atom stereocenters. The third-order valence-electron chi connectivity index (χ3n) is 2.86. The molecule has 0 aliphatic heterocycles. The number of nitrogens with zero attached hydrogens (tertiary/aromatic N) is 1. The fourth-order valence-electron chi connectivity index (χ4n) is 1.84. The Balaban J connectivity index is 2.10. The highest BCUT2D eigenvalue weighted by Crippen LogP contribution is 2.29. The number of aryl methyl sites for hydroxylation is 2. The van der Waals surface area contributed by atoms with E-state index in [0.717, 1.165) is 11.6 Å². The van der Waals surface area contributed by atoms with Crippen molar-refractivity contribution in [2.24, 2.45) is 0 Å². The molecule has 0 saturated heterocycles. The van der Waals surface area contributed by atoms with E-state index < -0.39 is 11.7 Å². The fourth-order valence-corrected chi connectivity index (χ4v) is 1.84. The molecule has 1 aromatic heterocycles. The SMILES string of the molecule is Nc1ncccc1CCc1cccc(C(F)(F)F)c1. The highest BCUT2D eigenvalue weighted by atomic mass is 19.4. The number of pyridine rings is 1. The van der Waals surface area contributed by atoms with Crippen molar-refractivity contribution in [3.63, 3.8) is 0 Å². The number of nitrogens with two attached hydrogens (primary N) is 1. The van der Waals surface area contributed by atoms with Gasteiger partial charge in [-0.15, -0.1) is 0 Å². The van der Waals surface area contributed by atoms with E-state index in [1.807, 2.05) is 6.07 Å². The molecule has 0 unspecified atom stereocenters. The molecule has 2 rings (SSSR count). The normalized spacial score (nSPS) is 11.5. The Morgan fingerprint density at radius 3 is 2.53 bits per heavy atom. The maximum absolute atomic E-state index is 12.6. The summed E-state index contributed by atoms with van der Waals surface area (Å²) in [6.45, 7) is 0. The van der Waals surface area contributed by atoms with Crippen molar-refractivity contribution in [3.05, 3.63) is 59.3 Å². The van der Waals surface area contributed by atoms with Crippen molar-refractivity contribution < 1.29 is 13.2 Å². The van der Waals surface area contributed by atoms with Crippen LogP contribution in [-0.4, -0.2) is 4.98 Å². The summed E-state index contributed by atoms with van der Waals surface area (Å²) in [5.41, 5.74) is 6.56. The van der Waals surface area contributed by atoms with Crippen LogP contribution in [0.2, 0.25) is 0 Å². The van der Waals surface area contributed by atoms with E-state index in [2.05, 4.69) is 4.98 Å². The van der Waals surface area contributed by atoms with Gasteiger partial charge in [0.1, 0.15) is 5.82 Å². The van der Waals surface area contributed by atoms with Crippen LogP contribution in [-0.2, 0) is 19.0 Å². The molecule has 1 aromatic carbocycles. The zero-order valence-electron chi connectivity index (χ0n) is 10.1. The highest BCUT2D eigenvalue weighted by molar-refractivity contribution is 5.39. The summed E-state index contributed by atoms with van der Waals surface area (Å²) < 4.78 is 37.7. The van der Waals surface area contributed by atoms with Crippen LogP contribution in [0.25, 0.3) is 0 Å². The van der Waals surface area contributed by atoms with Crippen molar-refractivity contribution in [1.82, 2.24) is 4.98 Å². The number of halogens is 3. The monoisotopic (exact) mass is 266 g/mol. The standard InChI is InChI=1S/C14H13F3N2/c15-14(16,17)12-5-1-3-10(9-12)6-7-11-4-2-8-19-13(11)18/h1-5,8-9H,6-7H2,(H2,18,19). The van der Waals surface area contributed by atoms with Gasteiger partial charge in [-0.2, -0.15) is 13.2 Å². The summed E-state index contributed by atoms with van der Waals surface area (Å²) in [7, 11) is 0. The van der Waals surface area contributed by atoms with Crippen molar-refractivity contribution in [2.45, 2.75) is 19.0 Å². The van der Waals surface area contributed by atoms with Gasteiger partial charge in [0.05, 0.1) is 5.56 Å². The molecule has 19 heavy (non-hydrogen) atoms. The van der Waals surface area contributed by atoms with Crippen LogP contribution >= 0.6 is 0 Å². The third-order valence-corrected chi connectivity index (χ3v) is 2.86. The summed E-state index contributed by atoms with van der Waals surface area (Å²) in [6, 6.07) is 8.94. The fraction of sp³-hybridized carbons (Fsp3) is 0.214. The van der Waals surface area contributed by atoms with Crippen LogP contribution in [0.5, 0.6) is 0 Å². The number of rotatable bonds is 3. The summed E-state index contributed by atoms with van der Waals surface area (Å²) >= 11 is 0. The second-order valence-corrected chi connectivity index (χ2v) is 4.25. The van der Waals surface area contributed by atoms with Crippen LogP contribution in [0, 0.1) is 0 Å². The highest BCUT2D eigenvalue weighted by Gasteiger charge is 2.30. The molecular weight excluding hydrogens is 253 g/mol. The van der Waals surface area contributed by atoms with E-state index in [4.69, 9.17) is 5.73 Å². The first-order valence-electron chi connectivity index (χ1n) is 5.82. The van der Waals surface area contributed by atoms with Gasteiger partial charge >= 0.3 is 6.18 Å². The second kappa shape index (κ2) is 5.30. The van der Waals surface area contributed by atoms with E-state index in [1.165, 1.54) is 12.1 Å². The Morgan fingerprint density at radius 2 is 1.84 bits per heavy atom. The molecule has 2 nitrogen and oxygen atoms in total. The molecule has 2 aromatic rings. The minimum Gasteiger partial charge on any atom is -0.383 e. The van der Waals surface area contributed by atoms with Crippen molar-refractivity contribution in [3.8, 4) is 0 Å². The zero-order valence-corrected chi connectivity index (χ0v) is 10.1. The lowest BCUT2D eigenvalue weighted by Crippen LogP contribution is -2.06. The number of alkyl halides is 3. The van der Waals surface area contributed by atoms with Crippen molar-refractivity contribution in [2.75, 3.05) is 5.73 Å². The number of anilines is 1. The summed E-state index contributed by atoms with van der Waals surface area (Å²) in [4.78, 5) is 3.95. The van der Waals surface area contributed by atoms with Gasteiger partial charge in [0.25, 0.3) is 0 Å². The molecule has 2 N–H and O–H groups in total. The molecule has 1 heterocycles. The second-order valence-electron chi connectivity index (χ2n) is 4.25. The Morgan fingerprint density at radius 1 is 1.05 bits per heavy atom. The topological polar surface area (TPSA) is 38.9 Å². The largest absolute Gasteiger partial charge is 0.416 e. The van der Waals surface area contributed by atoms with Gasteiger partial charge in [-0.05, 0) is 36.1 Å². The molecule has 100 valence electrons. The van der Waals surface area contributed by atoms with Gasteiger partial charge < -0.3 is 5.73 Å². The molecule has 0 aliphatic carbocycles. The molecule has 0 radical (unpaired) electrons. The molecule has 0 spiro atoms. The van der Waals surface area contributed by atoms with E-state index in [-0.39, 0.29) is 0 Å². The van der Waals surface area contributed by atoms with Crippen molar-refractivity contribution >= 4 is 5.82 Å². The van der Waals surface area contributed by atoms with Gasteiger partial charge in [0.15, 0.2) is 0 Å².